The second-order valence-corrected chi connectivity index (χ2v) is 7.06. The van der Waals surface area contributed by atoms with Gasteiger partial charge in [-0.25, -0.2) is 0 Å². The number of Topliss-reactive ketones (excluding diaryl/α,β-unsaturated/α-hetero) is 1. The molecular weight excluding hydrogens is 360 g/mol. The van der Waals surface area contributed by atoms with Crippen molar-refractivity contribution in [2.45, 2.75) is 25.4 Å². The lowest BCUT2D eigenvalue weighted by Gasteiger charge is -2.21. The molecule has 3 aromatic rings. The van der Waals surface area contributed by atoms with Crippen LogP contribution in [-0.4, -0.2) is 24.3 Å². The van der Waals surface area contributed by atoms with Gasteiger partial charge in [0.05, 0.1) is 18.6 Å². The molecule has 2 N–H and O–H groups in total. The van der Waals surface area contributed by atoms with E-state index in [1.54, 1.807) is 0 Å². The highest BCUT2D eigenvalue weighted by Gasteiger charge is 2.19. The number of hydrogen-bond donors (Lipinski definition) is 2. The quantitative estimate of drug-likeness (QED) is 0.590. The van der Waals surface area contributed by atoms with Gasteiger partial charge in [-0.3, -0.25) is 14.9 Å². The molecule has 0 bridgehead atoms. The molecule has 1 atom stereocenters. The molecule has 0 saturated carbocycles. The largest absolute Gasteiger partial charge is 0.345 e. The predicted octanol–water partition coefficient (Wildman–Crippen LogP) is 3.68. The molecule has 3 aromatic carbocycles. The molecule has 1 amide bonds. The van der Waals surface area contributed by atoms with Gasteiger partial charge in [0.1, 0.15) is 0 Å². The van der Waals surface area contributed by atoms with Crippen LogP contribution in [0.25, 0.3) is 0 Å². The van der Waals surface area contributed by atoms with Gasteiger partial charge in [0.25, 0.3) is 0 Å². The number of benzene rings is 3. The van der Waals surface area contributed by atoms with E-state index in [1.807, 2.05) is 91.0 Å². The summed E-state index contributed by atoms with van der Waals surface area (Å²) in [4.78, 5) is 24.6. The lowest BCUT2D eigenvalue weighted by atomic mass is 9.99. The van der Waals surface area contributed by atoms with Crippen LogP contribution in [0.5, 0.6) is 0 Å². The number of hydrogen-bond acceptors (Lipinski definition) is 3. The predicted molar refractivity (Wildman–Crippen MR) is 115 cm³/mol. The molecule has 148 valence electrons. The zero-order valence-corrected chi connectivity index (χ0v) is 16.5. The highest BCUT2D eigenvalue weighted by atomic mass is 16.2. The van der Waals surface area contributed by atoms with Crippen LogP contribution in [0, 0.1) is 0 Å². The van der Waals surface area contributed by atoms with Crippen molar-refractivity contribution in [3.05, 3.63) is 108 Å². The maximum Gasteiger partial charge on any atom is 0.234 e. The van der Waals surface area contributed by atoms with Gasteiger partial charge in [-0.2, -0.15) is 0 Å². The Morgan fingerprint density at radius 2 is 1.24 bits per heavy atom. The minimum atomic E-state index is -0.529. The first-order chi connectivity index (χ1) is 14.1. The van der Waals surface area contributed by atoms with E-state index in [-0.39, 0.29) is 24.3 Å². The molecule has 0 aromatic heterocycles. The van der Waals surface area contributed by atoms with Crippen molar-refractivity contribution in [2.75, 3.05) is 6.54 Å². The van der Waals surface area contributed by atoms with E-state index < -0.39 is 6.04 Å². The zero-order valence-electron chi connectivity index (χ0n) is 16.5. The van der Waals surface area contributed by atoms with Gasteiger partial charge >= 0.3 is 0 Å². The van der Waals surface area contributed by atoms with Crippen LogP contribution in [0.4, 0.5) is 0 Å². The van der Waals surface area contributed by atoms with Crippen molar-refractivity contribution >= 4 is 11.7 Å². The first-order valence-corrected chi connectivity index (χ1v) is 9.80. The van der Waals surface area contributed by atoms with E-state index in [1.165, 1.54) is 6.92 Å². The summed E-state index contributed by atoms with van der Waals surface area (Å²) in [5.74, 6) is -0.247. The highest BCUT2D eigenvalue weighted by Crippen LogP contribution is 2.21. The van der Waals surface area contributed by atoms with E-state index in [4.69, 9.17) is 0 Å². The van der Waals surface area contributed by atoms with Crippen LogP contribution in [0.3, 0.4) is 0 Å². The highest BCUT2D eigenvalue weighted by molar-refractivity contribution is 5.88. The Morgan fingerprint density at radius 1 is 0.759 bits per heavy atom. The zero-order chi connectivity index (χ0) is 20.5. The average Bonchev–Trinajstić information content (AvgIpc) is 2.75. The molecule has 0 saturated heterocycles. The molecule has 4 heteroatoms. The summed E-state index contributed by atoms with van der Waals surface area (Å²) in [7, 11) is 0. The summed E-state index contributed by atoms with van der Waals surface area (Å²) in [6.07, 6.45) is 0.489. The van der Waals surface area contributed by atoms with Crippen molar-refractivity contribution < 1.29 is 9.59 Å². The second-order valence-electron chi connectivity index (χ2n) is 7.06. The van der Waals surface area contributed by atoms with Crippen molar-refractivity contribution in [3.63, 3.8) is 0 Å². The van der Waals surface area contributed by atoms with E-state index in [0.29, 0.717) is 6.42 Å². The third kappa shape index (κ3) is 6.13. The average molecular weight is 386 g/mol. The minimum absolute atomic E-state index is 0.0510. The van der Waals surface area contributed by atoms with Crippen LogP contribution < -0.4 is 10.6 Å². The molecule has 0 aliphatic heterocycles. The third-order valence-corrected chi connectivity index (χ3v) is 4.84. The molecular formula is C25H26N2O2. The second kappa shape index (κ2) is 10.3. The summed E-state index contributed by atoms with van der Waals surface area (Å²) in [5, 5.41) is 6.21. The van der Waals surface area contributed by atoms with E-state index in [2.05, 4.69) is 10.6 Å². The van der Waals surface area contributed by atoms with Gasteiger partial charge in [0.2, 0.25) is 5.91 Å². The van der Waals surface area contributed by atoms with Crippen LogP contribution in [0.2, 0.25) is 0 Å². The SMILES string of the molecule is CC(=O)[C@H](Cc1ccccc1)NC(=O)CNC(c1ccccc1)c1ccccc1. The Balaban J connectivity index is 1.65. The number of carbonyl (C=O) groups excluding carboxylic acids is 2. The van der Waals surface area contributed by atoms with Crippen LogP contribution >= 0.6 is 0 Å². The summed E-state index contributed by atoms with van der Waals surface area (Å²) < 4.78 is 0. The number of carbonyl (C=O) groups is 2. The Labute approximate surface area is 172 Å². The first kappa shape index (κ1) is 20.5. The van der Waals surface area contributed by atoms with Crippen molar-refractivity contribution in [2.24, 2.45) is 0 Å². The van der Waals surface area contributed by atoms with Crippen molar-refractivity contribution in [3.8, 4) is 0 Å². The van der Waals surface area contributed by atoms with Gasteiger partial charge in [-0.15, -0.1) is 0 Å². The molecule has 0 heterocycles. The number of rotatable bonds is 9. The fourth-order valence-electron chi connectivity index (χ4n) is 3.31. The molecule has 4 nitrogen and oxygen atoms in total. The third-order valence-electron chi connectivity index (χ3n) is 4.84. The summed E-state index contributed by atoms with van der Waals surface area (Å²) in [6, 6.07) is 29.1. The van der Waals surface area contributed by atoms with Gasteiger partial charge < -0.3 is 5.32 Å². The smallest absolute Gasteiger partial charge is 0.234 e. The van der Waals surface area contributed by atoms with Crippen LogP contribution in [-0.2, 0) is 16.0 Å². The fraction of sp³-hybridized carbons (Fsp3) is 0.200. The number of amides is 1. The van der Waals surface area contributed by atoms with Gasteiger partial charge in [0, 0.05) is 0 Å². The lowest BCUT2D eigenvalue weighted by Crippen LogP contribution is -2.45. The Hall–Kier alpha value is -3.24. The lowest BCUT2D eigenvalue weighted by molar-refractivity contribution is -0.126. The van der Waals surface area contributed by atoms with E-state index >= 15 is 0 Å². The van der Waals surface area contributed by atoms with Gasteiger partial charge in [-0.1, -0.05) is 91.0 Å². The molecule has 0 aliphatic carbocycles. The Kier molecular flexibility index (Phi) is 7.31. The number of nitrogens with one attached hydrogen (secondary N) is 2. The fourth-order valence-corrected chi connectivity index (χ4v) is 3.31. The molecule has 0 spiro atoms. The summed E-state index contributed by atoms with van der Waals surface area (Å²) >= 11 is 0. The molecule has 0 fully saturated rings. The monoisotopic (exact) mass is 386 g/mol. The minimum Gasteiger partial charge on any atom is -0.345 e. The molecule has 0 unspecified atom stereocenters. The molecule has 0 aliphatic rings. The normalized spacial score (nSPS) is 11.8. The topological polar surface area (TPSA) is 58.2 Å². The summed E-state index contributed by atoms with van der Waals surface area (Å²) in [5.41, 5.74) is 3.19. The van der Waals surface area contributed by atoms with Crippen LogP contribution in [0.15, 0.2) is 91.0 Å². The van der Waals surface area contributed by atoms with Gasteiger partial charge in [-0.05, 0) is 30.0 Å². The maximum atomic E-state index is 12.6. The van der Waals surface area contributed by atoms with Gasteiger partial charge in [0.15, 0.2) is 5.78 Å². The Bertz CT molecular complexity index is 872. The first-order valence-electron chi connectivity index (χ1n) is 9.80. The maximum absolute atomic E-state index is 12.6. The number of ketones is 1. The molecule has 0 radical (unpaired) electrons. The summed E-state index contributed by atoms with van der Waals surface area (Å²) in [6.45, 7) is 1.63. The van der Waals surface area contributed by atoms with Crippen LogP contribution in [0.1, 0.15) is 29.7 Å². The van der Waals surface area contributed by atoms with E-state index in [0.717, 1.165) is 16.7 Å². The van der Waals surface area contributed by atoms with Crippen molar-refractivity contribution in [1.82, 2.24) is 10.6 Å². The molecule has 3 rings (SSSR count). The van der Waals surface area contributed by atoms with E-state index in [9.17, 15) is 9.59 Å². The molecule has 29 heavy (non-hydrogen) atoms. The Morgan fingerprint density at radius 3 is 1.72 bits per heavy atom. The van der Waals surface area contributed by atoms with Crippen molar-refractivity contribution in [1.29, 1.82) is 0 Å². The standard InChI is InChI=1S/C25H26N2O2/c1-19(28)23(17-20-11-5-2-6-12-20)27-24(29)18-26-25(21-13-7-3-8-14-21)22-15-9-4-10-16-22/h2-16,23,25-26H,17-18H2,1H3,(H,27,29)/t23-/m0/s1.